The molecule has 2 aliphatic rings. The van der Waals surface area contributed by atoms with E-state index in [4.69, 9.17) is 4.74 Å². The molecule has 0 spiro atoms. The number of hydrogen-bond acceptors (Lipinski definition) is 6. The van der Waals surface area contributed by atoms with Gasteiger partial charge in [-0.05, 0) is 38.2 Å². The SMILES string of the molecule is CCOC(=O)c1cc(C)sc1NC(=O)[C@H]1[C@@H](C(=O)[O-])[C@@H]2C=C[C@@H]1C2. The maximum Gasteiger partial charge on any atom is 0.341 e. The van der Waals surface area contributed by atoms with Gasteiger partial charge in [0.2, 0.25) is 5.91 Å². The number of carboxylic acids is 1. The fraction of sp³-hybridized carbons (Fsp3) is 0.471. The van der Waals surface area contributed by atoms with E-state index in [0.717, 1.165) is 4.88 Å². The molecule has 128 valence electrons. The fourth-order valence-corrected chi connectivity index (χ4v) is 4.57. The van der Waals surface area contributed by atoms with Crippen molar-refractivity contribution < 1.29 is 24.2 Å². The number of carbonyl (C=O) groups is 3. The molecule has 0 aromatic carbocycles. The van der Waals surface area contributed by atoms with Gasteiger partial charge in [0.15, 0.2) is 0 Å². The quantitative estimate of drug-likeness (QED) is 0.640. The first kappa shape index (κ1) is 16.7. The van der Waals surface area contributed by atoms with Gasteiger partial charge < -0.3 is 20.0 Å². The topological polar surface area (TPSA) is 95.5 Å². The van der Waals surface area contributed by atoms with Gasteiger partial charge in [0, 0.05) is 16.8 Å². The molecule has 6 nitrogen and oxygen atoms in total. The highest BCUT2D eigenvalue weighted by Gasteiger charge is 2.48. The second-order valence-electron chi connectivity index (χ2n) is 6.13. The van der Waals surface area contributed by atoms with Crippen molar-refractivity contribution in [3.8, 4) is 0 Å². The molecule has 0 unspecified atom stereocenters. The number of hydrogen-bond donors (Lipinski definition) is 1. The number of anilines is 1. The van der Waals surface area contributed by atoms with E-state index in [1.54, 1.807) is 13.0 Å². The minimum Gasteiger partial charge on any atom is -0.550 e. The molecule has 1 saturated carbocycles. The van der Waals surface area contributed by atoms with E-state index in [9.17, 15) is 19.5 Å². The highest BCUT2D eigenvalue weighted by Crippen LogP contribution is 2.48. The first-order valence-electron chi connectivity index (χ1n) is 7.90. The van der Waals surface area contributed by atoms with Crippen LogP contribution in [-0.2, 0) is 14.3 Å². The molecular weight excluding hydrogens is 330 g/mol. The highest BCUT2D eigenvalue weighted by molar-refractivity contribution is 7.16. The fourth-order valence-electron chi connectivity index (χ4n) is 3.66. The molecule has 1 aromatic rings. The van der Waals surface area contributed by atoms with Crippen molar-refractivity contribution in [1.82, 2.24) is 0 Å². The smallest absolute Gasteiger partial charge is 0.341 e. The van der Waals surface area contributed by atoms with Crippen LogP contribution in [0.4, 0.5) is 5.00 Å². The van der Waals surface area contributed by atoms with Crippen LogP contribution in [0.5, 0.6) is 0 Å². The number of fused-ring (bicyclic) bond motifs is 2. The summed E-state index contributed by atoms with van der Waals surface area (Å²) in [5.74, 6) is -3.79. The van der Waals surface area contributed by atoms with Crippen LogP contribution in [0.25, 0.3) is 0 Å². The van der Waals surface area contributed by atoms with Gasteiger partial charge in [-0.1, -0.05) is 12.2 Å². The number of amides is 1. The van der Waals surface area contributed by atoms with E-state index in [1.165, 1.54) is 11.3 Å². The predicted molar refractivity (Wildman–Crippen MR) is 86.4 cm³/mol. The average Bonchev–Trinajstić information content (AvgIpc) is 3.20. The van der Waals surface area contributed by atoms with E-state index < -0.39 is 23.8 Å². The number of esters is 1. The molecule has 24 heavy (non-hydrogen) atoms. The van der Waals surface area contributed by atoms with Crippen molar-refractivity contribution in [3.63, 3.8) is 0 Å². The summed E-state index contributed by atoms with van der Waals surface area (Å²) in [6.07, 6.45) is 4.42. The molecule has 1 fully saturated rings. The van der Waals surface area contributed by atoms with E-state index in [2.05, 4.69) is 5.32 Å². The van der Waals surface area contributed by atoms with Gasteiger partial charge in [0.05, 0.1) is 18.1 Å². The van der Waals surface area contributed by atoms with Crippen molar-refractivity contribution >= 4 is 34.2 Å². The van der Waals surface area contributed by atoms with Gasteiger partial charge in [0.1, 0.15) is 5.00 Å². The molecule has 0 aliphatic heterocycles. The largest absolute Gasteiger partial charge is 0.550 e. The van der Waals surface area contributed by atoms with Crippen LogP contribution in [0.2, 0.25) is 0 Å². The number of nitrogens with one attached hydrogen (secondary N) is 1. The Morgan fingerprint density at radius 2 is 1.96 bits per heavy atom. The number of allylic oxidation sites excluding steroid dienone is 2. The van der Waals surface area contributed by atoms with E-state index in [0.29, 0.717) is 17.0 Å². The molecule has 1 amide bonds. The normalized spacial score (nSPS) is 27.2. The van der Waals surface area contributed by atoms with Crippen LogP contribution in [0, 0.1) is 30.6 Å². The summed E-state index contributed by atoms with van der Waals surface area (Å²) in [4.78, 5) is 37.0. The van der Waals surface area contributed by atoms with Gasteiger partial charge >= 0.3 is 5.97 Å². The lowest BCUT2D eigenvalue weighted by molar-refractivity contribution is -0.313. The van der Waals surface area contributed by atoms with Crippen molar-refractivity contribution in [3.05, 3.63) is 28.7 Å². The summed E-state index contributed by atoms with van der Waals surface area (Å²) in [6, 6.07) is 1.66. The number of carbonyl (C=O) groups excluding carboxylic acids is 3. The minimum atomic E-state index is -1.19. The molecule has 1 heterocycles. The monoisotopic (exact) mass is 348 g/mol. The van der Waals surface area contributed by atoms with Gasteiger partial charge in [-0.25, -0.2) is 4.79 Å². The molecule has 2 bridgehead atoms. The highest BCUT2D eigenvalue weighted by atomic mass is 32.1. The summed E-state index contributed by atoms with van der Waals surface area (Å²) < 4.78 is 5.00. The number of aryl methyl sites for hydroxylation is 1. The third-order valence-electron chi connectivity index (χ3n) is 4.62. The third kappa shape index (κ3) is 2.84. The molecule has 0 radical (unpaired) electrons. The molecule has 7 heteroatoms. The zero-order chi connectivity index (χ0) is 17.4. The van der Waals surface area contributed by atoms with Crippen LogP contribution in [0.3, 0.4) is 0 Å². The van der Waals surface area contributed by atoms with Gasteiger partial charge in [0.25, 0.3) is 0 Å². The predicted octanol–water partition coefficient (Wildman–Crippen LogP) is 1.36. The second kappa shape index (κ2) is 6.39. The summed E-state index contributed by atoms with van der Waals surface area (Å²) >= 11 is 1.27. The Hall–Kier alpha value is -2.15. The van der Waals surface area contributed by atoms with Crippen molar-refractivity contribution in [2.75, 3.05) is 11.9 Å². The van der Waals surface area contributed by atoms with E-state index >= 15 is 0 Å². The molecule has 2 aliphatic carbocycles. The van der Waals surface area contributed by atoms with Crippen LogP contribution in [0.1, 0.15) is 28.6 Å². The molecule has 3 rings (SSSR count). The Morgan fingerprint density at radius 1 is 1.29 bits per heavy atom. The zero-order valence-corrected chi connectivity index (χ0v) is 14.2. The van der Waals surface area contributed by atoms with E-state index in [1.807, 2.05) is 19.1 Å². The Morgan fingerprint density at radius 3 is 2.58 bits per heavy atom. The molecule has 1 N–H and O–H groups in total. The van der Waals surface area contributed by atoms with Crippen LogP contribution in [-0.4, -0.2) is 24.5 Å². The Kier molecular flexibility index (Phi) is 4.45. The summed E-state index contributed by atoms with van der Waals surface area (Å²) in [6.45, 7) is 3.78. The molecule has 4 atom stereocenters. The number of ether oxygens (including phenoxy) is 1. The molecule has 0 saturated heterocycles. The maximum atomic E-state index is 12.7. The third-order valence-corrected chi connectivity index (χ3v) is 5.59. The Balaban J connectivity index is 1.82. The summed E-state index contributed by atoms with van der Waals surface area (Å²) in [5.41, 5.74) is 0.302. The molecular formula is C17H18NO5S-. The second-order valence-corrected chi connectivity index (χ2v) is 7.38. The van der Waals surface area contributed by atoms with Crippen molar-refractivity contribution in [2.24, 2.45) is 23.7 Å². The summed E-state index contributed by atoms with van der Waals surface area (Å²) in [7, 11) is 0. The Bertz CT molecular complexity index is 723. The maximum absolute atomic E-state index is 12.7. The van der Waals surface area contributed by atoms with Gasteiger partial charge in [-0.3, -0.25) is 4.79 Å². The Labute approximate surface area is 143 Å². The lowest BCUT2D eigenvalue weighted by Crippen LogP contribution is -2.42. The number of thiophene rings is 1. The molecule has 1 aromatic heterocycles. The first-order valence-corrected chi connectivity index (χ1v) is 8.71. The average molecular weight is 348 g/mol. The summed E-state index contributed by atoms with van der Waals surface area (Å²) in [5, 5.41) is 14.6. The number of aliphatic carboxylic acids is 1. The number of rotatable bonds is 5. The van der Waals surface area contributed by atoms with Gasteiger partial charge in [-0.15, -0.1) is 11.3 Å². The van der Waals surface area contributed by atoms with Crippen molar-refractivity contribution in [1.29, 1.82) is 0 Å². The van der Waals surface area contributed by atoms with E-state index in [-0.39, 0.29) is 24.3 Å². The standard InChI is InChI=1S/C17H19NO5S/c1-3-23-17(22)11-6-8(2)24-15(11)18-14(19)12-9-4-5-10(7-9)13(12)16(20)21/h4-6,9-10,12-13H,3,7H2,1-2H3,(H,18,19)(H,20,21)/p-1/t9-,10-,12-,13+/m1/s1. The lowest BCUT2D eigenvalue weighted by Gasteiger charge is -2.27. The lowest BCUT2D eigenvalue weighted by atomic mass is 9.82. The van der Waals surface area contributed by atoms with Crippen LogP contribution >= 0.6 is 11.3 Å². The van der Waals surface area contributed by atoms with Gasteiger partial charge in [-0.2, -0.15) is 0 Å². The number of carboxylic acid groups (broad SMARTS) is 1. The minimum absolute atomic E-state index is 0.0926. The van der Waals surface area contributed by atoms with Crippen molar-refractivity contribution in [2.45, 2.75) is 20.3 Å². The first-order chi connectivity index (χ1) is 11.4. The zero-order valence-electron chi connectivity index (χ0n) is 13.4. The van der Waals surface area contributed by atoms with Crippen LogP contribution < -0.4 is 10.4 Å². The van der Waals surface area contributed by atoms with Crippen LogP contribution in [0.15, 0.2) is 18.2 Å².